The summed E-state index contributed by atoms with van der Waals surface area (Å²) >= 11 is 13.9. The molecule has 1 fully saturated rings. The molecule has 0 saturated carbocycles. The number of hydrogen-bond acceptors (Lipinski definition) is 3. The van der Waals surface area contributed by atoms with Crippen molar-refractivity contribution in [3.8, 4) is 0 Å². The molecule has 4 rings (SSSR count). The van der Waals surface area contributed by atoms with Crippen molar-refractivity contribution < 1.29 is 9.59 Å². The van der Waals surface area contributed by atoms with Crippen LogP contribution in [0, 0.1) is 0 Å². The van der Waals surface area contributed by atoms with Gasteiger partial charge >= 0.3 is 0 Å². The minimum Gasteiger partial charge on any atom is -0.322 e. The molecular formula is C23H18Cl2N2O2S. The summed E-state index contributed by atoms with van der Waals surface area (Å²) in [7, 11) is 0. The van der Waals surface area contributed by atoms with Crippen molar-refractivity contribution in [2.24, 2.45) is 0 Å². The van der Waals surface area contributed by atoms with Crippen LogP contribution in [-0.4, -0.2) is 22.5 Å². The predicted octanol–water partition coefficient (Wildman–Crippen LogP) is 6.02. The number of rotatable bonds is 5. The second kappa shape index (κ2) is 9.13. The Morgan fingerprint density at radius 3 is 2.30 bits per heavy atom. The molecule has 1 N–H and O–H groups in total. The molecule has 0 spiro atoms. The number of nitrogens with one attached hydrogen (secondary N) is 1. The molecule has 3 aromatic rings. The molecular weight excluding hydrogens is 439 g/mol. The highest BCUT2D eigenvalue weighted by molar-refractivity contribution is 8.00. The maximum atomic E-state index is 12.6. The van der Waals surface area contributed by atoms with Crippen LogP contribution in [-0.2, 0) is 11.3 Å². The number of carbonyl (C=O) groups excluding carboxylic acids is 2. The maximum Gasteiger partial charge on any atom is 0.255 e. The van der Waals surface area contributed by atoms with Gasteiger partial charge in [0.1, 0.15) is 5.37 Å². The first-order chi connectivity index (χ1) is 14.5. The van der Waals surface area contributed by atoms with Crippen LogP contribution in [0.1, 0.15) is 26.9 Å². The van der Waals surface area contributed by atoms with E-state index in [9.17, 15) is 9.59 Å². The standard InChI is InChI=1S/C23H18Cl2N2O2S/c24-18-7-4-8-19(25)21(18)26-22(29)16-9-11-17(12-10-16)23-27(20(28)14-30-23)13-15-5-2-1-3-6-15/h1-12,23H,13-14H2,(H,26,29)/t23-/m0/s1. The second-order valence-electron chi connectivity index (χ2n) is 6.84. The minimum absolute atomic E-state index is 0.0761. The Kier molecular flexibility index (Phi) is 6.32. The third-order valence-electron chi connectivity index (χ3n) is 4.82. The van der Waals surface area contributed by atoms with Crippen molar-refractivity contribution in [2.45, 2.75) is 11.9 Å². The highest BCUT2D eigenvalue weighted by Crippen LogP contribution is 2.39. The molecule has 1 saturated heterocycles. The quantitative estimate of drug-likeness (QED) is 0.510. The summed E-state index contributed by atoms with van der Waals surface area (Å²) in [4.78, 5) is 26.9. The molecule has 4 nitrogen and oxygen atoms in total. The number of carbonyl (C=O) groups is 2. The minimum atomic E-state index is -0.298. The lowest BCUT2D eigenvalue weighted by molar-refractivity contribution is -0.128. The zero-order valence-corrected chi connectivity index (χ0v) is 18.2. The van der Waals surface area contributed by atoms with E-state index >= 15 is 0 Å². The Balaban J connectivity index is 1.50. The van der Waals surface area contributed by atoms with Crippen molar-refractivity contribution >= 4 is 52.5 Å². The highest BCUT2D eigenvalue weighted by atomic mass is 35.5. The fourth-order valence-electron chi connectivity index (χ4n) is 3.28. The summed E-state index contributed by atoms with van der Waals surface area (Å²) < 4.78 is 0. The zero-order chi connectivity index (χ0) is 21.1. The lowest BCUT2D eigenvalue weighted by atomic mass is 10.1. The lowest BCUT2D eigenvalue weighted by Gasteiger charge is -2.24. The van der Waals surface area contributed by atoms with Gasteiger partial charge in [0.25, 0.3) is 5.91 Å². The van der Waals surface area contributed by atoms with E-state index in [1.807, 2.05) is 47.4 Å². The van der Waals surface area contributed by atoms with E-state index in [1.54, 1.807) is 42.1 Å². The van der Waals surface area contributed by atoms with Gasteiger partial charge in [0.2, 0.25) is 5.91 Å². The van der Waals surface area contributed by atoms with E-state index < -0.39 is 0 Å². The number of hydrogen-bond donors (Lipinski definition) is 1. The predicted molar refractivity (Wildman–Crippen MR) is 123 cm³/mol. The summed E-state index contributed by atoms with van der Waals surface area (Å²) in [6, 6.07) is 22.3. The highest BCUT2D eigenvalue weighted by Gasteiger charge is 2.32. The molecule has 0 bridgehead atoms. The molecule has 3 aromatic carbocycles. The molecule has 0 aliphatic carbocycles. The molecule has 1 aliphatic heterocycles. The maximum absolute atomic E-state index is 12.6. The van der Waals surface area contributed by atoms with Crippen LogP contribution in [0.5, 0.6) is 0 Å². The normalized spacial score (nSPS) is 16.0. The first kappa shape index (κ1) is 20.8. The van der Waals surface area contributed by atoms with E-state index in [0.29, 0.717) is 33.6 Å². The fourth-order valence-corrected chi connectivity index (χ4v) is 4.96. The van der Waals surface area contributed by atoms with Crippen LogP contribution in [0.3, 0.4) is 0 Å². The third kappa shape index (κ3) is 4.48. The van der Waals surface area contributed by atoms with Crippen LogP contribution < -0.4 is 5.32 Å². The topological polar surface area (TPSA) is 49.4 Å². The van der Waals surface area contributed by atoms with Crippen molar-refractivity contribution in [2.75, 3.05) is 11.1 Å². The number of para-hydroxylation sites is 1. The number of halogens is 2. The summed E-state index contributed by atoms with van der Waals surface area (Å²) in [5.41, 5.74) is 2.94. The molecule has 0 aromatic heterocycles. The number of benzene rings is 3. The zero-order valence-electron chi connectivity index (χ0n) is 15.8. The third-order valence-corrected chi connectivity index (χ3v) is 6.71. The number of anilines is 1. The fraction of sp³-hybridized carbons (Fsp3) is 0.130. The van der Waals surface area contributed by atoms with Gasteiger partial charge in [0, 0.05) is 12.1 Å². The van der Waals surface area contributed by atoms with Crippen LogP contribution in [0.25, 0.3) is 0 Å². The summed E-state index contributed by atoms with van der Waals surface area (Å²) in [6.45, 7) is 0.560. The van der Waals surface area contributed by atoms with Gasteiger partial charge < -0.3 is 10.2 Å². The van der Waals surface area contributed by atoms with Gasteiger partial charge in [-0.05, 0) is 35.4 Å². The first-order valence-corrected chi connectivity index (χ1v) is 11.1. The van der Waals surface area contributed by atoms with Gasteiger partial charge in [-0.25, -0.2) is 0 Å². The molecule has 152 valence electrons. The Morgan fingerprint density at radius 2 is 1.63 bits per heavy atom. The van der Waals surface area contributed by atoms with Gasteiger partial charge in [0.15, 0.2) is 0 Å². The summed E-state index contributed by atoms with van der Waals surface area (Å²) in [6.07, 6.45) is 0. The molecule has 1 heterocycles. The van der Waals surface area contributed by atoms with Crippen LogP contribution in [0.2, 0.25) is 10.0 Å². The Labute approximate surface area is 189 Å². The van der Waals surface area contributed by atoms with E-state index in [4.69, 9.17) is 23.2 Å². The molecule has 1 aliphatic rings. The number of amides is 2. The largest absolute Gasteiger partial charge is 0.322 e. The smallest absolute Gasteiger partial charge is 0.255 e. The average Bonchev–Trinajstić information content (AvgIpc) is 3.12. The van der Waals surface area contributed by atoms with Crippen molar-refractivity contribution in [3.05, 3.63) is 99.5 Å². The monoisotopic (exact) mass is 456 g/mol. The van der Waals surface area contributed by atoms with Crippen molar-refractivity contribution in [3.63, 3.8) is 0 Å². The molecule has 0 unspecified atom stereocenters. The van der Waals surface area contributed by atoms with Crippen molar-refractivity contribution in [1.82, 2.24) is 4.90 Å². The van der Waals surface area contributed by atoms with Crippen LogP contribution in [0.4, 0.5) is 5.69 Å². The van der Waals surface area contributed by atoms with Gasteiger partial charge in [-0.2, -0.15) is 0 Å². The molecule has 2 amide bonds. The Bertz CT molecular complexity index is 1050. The average molecular weight is 457 g/mol. The molecule has 7 heteroatoms. The Hall–Kier alpha value is -2.47. The van der Waals surface area contributed by atoms with Gasteiger partial charge in [0.05, 0.1) is 21.5 Å². The molecule has 0 radical (unpaired) electrons. The second-order valence-corrected chi connectivity index (χ2v) is 8.73. The molecule has 30 heavy (non-hydrogen) atoms. The van der Waals surface area contributed by atoms with Crippen LogP contribution >= 0.6 is 35.0 Å². The Morgan fingerprint density at radius 1 is 0.967 bits per heavy atom. The van der Waals surface area contributed by atoms with E-state index in [2.05, 4.69) is 5.32 Å². The van der Waals surface area contributed by atoms with Gasteiger partial charge in [-0.3, -0.25) is 9.59 Å². The summed E-state index contributed by atoms with van der Waals surface area (Å²) in [5.74, 6) is 0.266. The van der Waals surface area contributed by atoms with Gasteiger partial charge in [-0.15, -0.1) is 11.8 Å². The number of thioether (sulfide) groups is 1. The van der Waals surface area contributed by atoms with Crippen molar-refractivity contribution in [1.29, 1.82) is 0 Å². The van der Waals surface area contributed by atoms with Gasteiger partial charge in [-0.1, -0.05) is 71.7 Å². The number of nitrogens with zero attached hydrogens (tertiary/aromatic N) is 1. The van der Waals surface area contributed by atoms with E-state index in [1.165, 1.54) is 0 Å². The lowest BCUT2D eigenvalue weighted by Crippen LogP contribution is -2.27. The SMILES string of the molecule is O=C(Nc1c(Cl)cccc1Cl)c1ccc([C@@H]2SCC(=O)N2Cc2ccccc2)cc1. The molecule has 1 atom stereocenters. The first-order valence-electron chi connectivity index (χ1n) is 9.33. The van der Waals surface area contributed by atoms with E-state index in [0.717, 1.165) is 11.1 Å². The summed E-state index contributed by atoms with van der Waals surface area (Å²) in [5, 5.41) is 3.44. The van der Waals surface area contributed by atoms with Crippen LogP contribution in [0.15, 0.2) is 72.8 Å². The van der Waals surface area contributed by atoms with E-state index in [-0.39, 0.29) is 17.2 Å².